The van der Waals surface area contributed by atoms with Crippen molar-refractivity contribution < 1.29 is 19.1 Å². The van der Waals surface area contributed by atoms with Gasteiger partial charge in [-0.2, -0.15) is 0 Å². The van der Waals surface area contributed by atoms with Crippen LogP contribution in [0.25, 0.3) is 17.1 Å². The van der Waals surface area contributed by atoms with Crippen LogP contribution in [-0.2, 0) is 14.3 Å². The van der Waals surface area contributed by atoms with E-state index in [1.165, 1.54) is 20.3 Å². The monoisotopic (exact) mass is 273 g/mol. The third-order valence-corrected chi connectivity index (χ3v) is 2.97. The lowest BCUT2D eigenvalue weighted by Gasteiger charge is -1.99. The molecule has 0 saturated heterocycles. The maximum Gasteiger partial charge on any atom is 0.340 e. The van der Waals surface area contributed by atoms with Gasteiger partial charge in [-0.25, -0.2) is 9.59 Å². The first-order valence-corrected chi connectivity index (χ1v) is 6.02. The highest BCUT2D eigenvalue weighted by molar-refractivity contribution is 6.05. The number of hydrogen-bond acceptors (Lipinski definition) is 4. The lowest BCUT2D eigenvalue weighted by atomic mass is 10.1. The summed E-state index contributed by atoms with van der Waals surface area (Å²) in [5.74, 6) is -0.871. The van der Waals surface area contributed by atoms with Gasteiger partial charge in [-0.05, 0) is 19.1 Å². The summed E-state index contributed by atoms with van der Waals surface area (Å²) < 4.78 is 11.0. The van der Waals surface area contributed by atoms with Gasteiger partial charge in [-0.1, -0.05) is 11.6 Å². The molecule has 0 aliphatic heterocycles. The Kier molecular flexibility index (Phi) is 3.89. The molecule has 2 rings (SSSR count). The van der Waals surface area contributed by atoms with Crippen LogP contribution in [0.1, 0.15) is 15.9 Å². The van der Waals surface area contributed by atoms with Crippen LogP contribution >= 0.6 is 0 Å². The summed E-state index contributed by atoms with van der Waals surface area (Å²) in [5.41, 5.74) is 2.31. The van der Waals surface area contributed by atoms with Crippen LogP contribution in [0.4, 0.5) is 0 Å². The summed E-state index contributed by atoms with van der Waals surface area (Å²) in [5, 5.41) is 0.784. The Labute approximate surface area is 116 Å². The van der Waals surface area contributed by atoms with Crippen molar-refractivity contribution in [3.63, 3.8) is 0 Å². The van der Waals surface area contributed by atoms with Gasteiger partial charge in [0.15, 0.2) is 0 Å². The molecule has 1 aromatic heterocycles. The van der Waals surface area contributed by atoms with Gasteiger partial charge < -0.3 is 14.0 Å². The molecule has 1 aromatic carbocycles. The SMILES string of the molecule is COC(=O)/C=C/n1cc(C(=O)OC)c2cc(C)ccc21. The molecule has 5 heteroatoms. The van der Waals surface area contributed by atoms with Gasteiger partial charge in [-0.15, -0.1) is 0 Å². The predicted octanol–water partition coefficient (Wildman–Crippen LogP) is 2.38. The summed E-state index contributed by atoms with van der Waals surface area (Å²) in [6, 6.07) is 5.73. The first-order valence-electron chi connectivity index (χ1n) is 6.02. The number of esters is 2. The molecule has 0 radical (unpaired) electrons. The number of hydrogen-bond donors (Lipinski definition) is 0. The lowest BCUT2D eigenvalue weighted by Crippen LogP contribution is -1.99. The minimum absolute atomic E-state index is 0.411. The second-order valence-electron chi connectivity index (χ2n) is 4.30. The fourth-order valence-corrected chi connectivity index (χ4v) is 1.97. The molecule has 104 valence electrons. The van der Waals surface area contributed by atoms with Crippen LogP contribution in [-0.4, -0.2) is 30.7 Å². The van der Waals surface area contributed by atoms with E-state index in [-0.39, 0.29) is 0 Å². The number of ether oxygens (including phenoxy) is 2. The number of fused-ring (bicyclic) bond motifs is 1. The molecule has 0 unspecified atom stereocenters. The summed E-state index contributed by atoms with van der Waals surface area (Å²) in [6.07, 6.45) is 4.48. The van der Waals surface area contributed by atoms with Crippen molar-refractivity contribution in [1.82, 2.24) is 4.57 Å². The highest BCUT2D eigenvalue weighted by Gasteiger charge is 2.14. The molecular formula is C15H15NO4. The van der Waals surface area contributed by atoms with Gasteiger partial charge in [0.25, 0.3) is 0 Å². The van der Waals surface area contributed by atoms with E-state index in [0.29, 0.717) is 5.56 Å². The molecule has 0 atom stereocenters. The molecule has 0 amide bonds. The van der Waals surface area contributed by atoms with E-state index in [2.05, 4.69) is 4.74 Å². The first kappa shape index (κ1) is 13.9. The highest BCUT2D eigenvalue weighted by Crippen LogP contribution is 2.23. The molecule has 0 saturated carbocycles. The van der Waals surface area contributed by atoms with Gasteiger partial charge in [-0.3, -0.25) is 0 Å². The van der Waals surface area contributed by atoms with Gasteiger partial charge in [0.2, 0.25) is 0 Å². The van der Waals surface area contributed by atoms with E-state index < -0.39 is 11.9 Å². The molecule has 0 N–H and O–H groups in total. The molecule has 0 aliphatic carbocycles. The Hall–Kier alpha value is -2.56. The number of benzene rings is 1. The maximum atomic E-state index is 11.8. The molecule has 0 bridgehead atoms. The quantitative estimate of drug-likeness (QED) is 0.636. The first-order chi connectivity index (χ1) is 9.56. The van der Waals surface area contributed by atoms with E-state index in [0.717, 1.165) is 16.5 Å². The molecule has 2 aromatic rings. The number of rotatable bonds is 3. The van der Waals surface area contributed by atoms with Crippen molar-refractivity contribution in [1.29, 1.82) is 0 Å². The Morgan fingerprint density at radius 1 is 1.20 bits per heavy atom. The van der Waals surface area contributed by atoms with Crippen LogP contribution in [0.5, 0.6) is 0 Å². The van der Waals surface area contributed by atoms with Crippen molar-refractivity contribution in [3.05, 3.63) is 41.6 Å². The second kappa shape index (κ2) is 5.61. The number of carbonyl (C=O) groups excluding carboxylic acids is 2. The normalized spacial score (nSPS) is 10.9. The topological polar surface area (TPSA) is 57.5 Å². The Balaban J connectivity index is 2.58. The van der Waals surface area contributed by atoms with E-state index in [4.69, 9.17) is 4.74 Å². The van der Waals surface area contributed by atoms with Gasteiger partial charge in [0.1, 0.15) is 0 Å². The Bertz CT molecular complexity index is 697. The molecule has 1 heterocycles. The Morgan fingerprint density at radius 2 is 1.95 bits per heavy atom. The third kappa shape index (κ3) is 2.56. The highest BCUT2D eigenvalue weighted by atomic mass is 16.5. The van der Waals surface area contributed by atoms with Gasteiger partial charge in [0.05, 0.1) is 25.3 Å². The summed E-state index contributed by atoms with van der Waals surface area (Å²) in [4.78, 5) is 23.0. The third-order valence-electron chi connectivity index (χ3n) is 2.97. The van der Waals surface area contributed by atoms with E-state index >= 15 is 0 Å². The second-order valence-corrected chi connectivity index (χ2v) is 4.30. The van der Waals surface area contributed by atoms with Crippen molar-refractivity contribution in [2.24, 2.45) is 0 Å². The fourth-order valence-electron chi connectivity index (χ4n) is 1.97. The number of aryl methyl sites for hydroxylation is 1. The van der Waals surface area contributed by atoms with Gasteiger partial charge >= 0.3 is 11.9 Å². The Morgan fingerprint density at radius 3 is 2.60 bits per heavy atom. The number of aromatic nitrogens is 1. The van der Waals surface area contributed by atoms with Crippen molar-refractivity contribution in [2.75, 3.05) is 14.2 Å². The standard InChI is InChI=1S/C15H15NO4/c1-10-4-5-13-11(8-10)12(15(18)20-3)9-16(13)7-6-14(17)19-2/h4-9H,1-3H3/b7-6+. The predicted molar refractivity (Wildman–Crippen MR) is 75.4 cm³/mol. The average Bonchev–Trinajstić information content (AvgIpc) is 2.81. The van der Waals surface area contributed by atoms with Crippen LogP contribution < -0.4 is 0 Å². The molecule has 0 aliphatic rings. The summed E-state index contributed by atoms with van der Waals surface area (Å²) >= 11 is 0. The minimum atomic E-state index is -0.460. The molecule has 5 nitrogen and oxygen atoms in total. The number of carbonyl (C=O) groups is 2. The zero-order valence-corrected chi connectivity index (χ0v) is 11.5. The zero-order chi connectivity index (χ0) is 14.7. The van der Waals surface area contributed by atoms with Crippen molar-refractivity contribution >= 4 is 29.0 Å². The minimum Gasteiger partial charge on any atom is -0.466 e. The van der Waals surface area contributed by atoms with Crippen LogP contribution in [0.3, 0.4) is 0 Å². The summed E-state index contributed by atoms with van der Waals surface area (Å²) in [6.45, 7) is 1.95. The van der Waals surface area contributed by atoms with Crippen LogP contribution in [0.15, 0.2) is 30.5 Å². The fraction of sp³-hybridized carbons (Fsp3) is 0.200. The van der Waals surface area contributed by atoms with Crippen LogP contribution in [0, 0.1) is 6.92 Å². The number of nitrogens with zero attached hydrogens (tertiary/aromatic N) is 1. The lowest BCUT2D eigenvalue weighted by molar-refractivity contribution is -0.134. The number of methoxy groups -OCH3 is 2. The van der Waals surface area contributed by atoms with Crippen molar-refractivity contribution in [2.45, 2.75) is 6.92 Å². The largest absolute Gasteiger partial charge is 0.466 e. The van der Waals surface area contributed by atoms with E-state index in [1.54, 1.807) is 17.0 Å². The maximum absolute atomic E-state index is 11.8. The summed E-state index contributed by atoms with van der Waals surface area (Å²) in [7, 11) is 2.65. The molecule has 0 fully saturated rings. The molecule has 20 heavy (non-hydrogen) atoms. The smallest absolute Gasteiger partial charge is 0.340 e. The molecular weight excluding hydrogens is 258 g/mol. The van der Waals surface area contributed by atoms with Gasteiger partial charge in [0, 0.05) is 23.9 Å². The molecule has 0 spiro atoms. The zero-order valence-electron chi connectivity index (χ0n) is 11.5. The van der Waals surface area contributed by atoms with E-state index in [1.807, 2.05) is 25.1 Å². The van der Waals surface area contributed by atoms with Crippen LogP contribution in [0.2, 0.25) is 0 Å². The van der Waals surface area contributed by atoms with E-state index in [9.17, 15) is 9.59 Å². The average molecular weight is 273 g/mol. The van der Waals surface area contributed by atoms with Crippen molar-refractivity contribution in [3.8, 4) is 0 Å².